The number of likely N-dealkylation sites (N-methyl/N-ethyl adjacent to an activating group) is 1. The maximum absolute atomic E-state index is 9.26. The summed E-state index contributed by atoms with van der Waals surface area (Å²) in [6, 6.07) is 0. The van der Waals surface area contributed by atoms with Gasteiger partial charge in [-0.05, 0) is 33.1 Å². The number of hydrogen-bond donors (Lipinski definition) is 2. The van der Waals surface area contributed by atoms with Crippen molar-refractivity contribution in [2.75, 3.05) is 25.7 Å². The van der Waals surface area contributed by atoms with Crippen molar-refractivity contribution in [3.05, 3.63) is 0 Å². The van der Waals surface area contributed by atoms with Gasteiger partial charge >= 0.3 is 0 Å². The van der Waals surface area contributed by atoms with Crippen LogP contribution in [0.1, 0.15) is 26.2 Å². The first-order valence-corrected chi connectivity index (χ1v) is 8.96. The molecule has 18 heavy (non-hydrogen) atoms. The highest BCUT2D eigenvalue weighted by Crippen LogP contribution is 2.28. The van der Waals surface area contributed by atoms with E-state index in [1.807, 2.05) is 13.3 Å². The Hall–Kier alpha value is 0.180. The van der Waals surface area contributed by atoms with Crippen LogP contribution in [0.2, 0.25) is 0 Å². The van der Waals surface area contributed by atoms with E-state index in [1.54, 1.807) is 34.9 Å². The number of aromatic nitrogens is 2. The van der Waals surface area contributed by atoms with Crippen molar-refractivity contribution < 1.29 is 5.11 Å². The van der Waals surface area contributed by atoms with Gasteiger partial charge in [-0.3, -0.25) is 0 Å². The smallest absolute Gasteiger partial charge is 0.175 e. The average Bonchev–Trinajstić information content (AvgIpc) is 2.86. The summed E-state index contributed by atoms with van der Waals surface area (Å²) in [5, 5.41) is 20.6. The average molecular weight is 308 g/mol. The normalized spacial score (nSPS) is 14.7. The summed E-state index contributed by atoms with van der Waals surface area (Å²) < 4.78 is 2.08. The molecule has 0 radical (unpaired) electrons. The zero-order valence-electron chi connectivity index (χ0n) is 11.1. The Morgan fingerprint density at radius 2 is 2.06 bits per heavy atom. The number of unbranched alkanes of at least 4 members (excludes halogenated alkanes) is 1. The largest absolute Gasteiger partial charge is 0.394 e. The van der Waals surface area contributed by atoms with Crippen molar-refractivity contribution in [3.8, 4) is 0 Å². The number of nitrogens with zero attached hydrogens (tertiary/aromatic N) is 2. The van der Waals surface area contributed by atoms with E-state index in [0.29, 0.717) is 0 Å². The monoisotopic (exact) mass is 307 g/mol. The quantitative estimate of drug-likeness (QED) is 0.540. The number of thioether (sulfide) groups is 2. The second-order valence-corrected chi connectivity index (χ2v) is 7.69. The zero-order chi connectivity index (χ0) is 13.4. The summed E-state index contributed by atoms with van der Waals surface area (Å²) in [4.78, 5) is 0. The van der Waals surface area contributed by atoms with Crippen LogP contribution in [0.3, 0.4) is 0 Å². The number of rotatable bonds is 9. The molecule has 7 heteroatoms. The molecule has 0 fully saturated rings. The molecule has 0 aliphatic heterocycles. The van der Waals surface area contributed by atoms with Crippen LogP contribution >= 0.6 is 34.9 Å². The van der Waals surface area contributed by atoms with Gasteiger partial charge in [0.05, 0.1) is 6.61 Å². The van der Waals surface area contributed by atoms with Crippen molar-refractivity contribution in [2.24, 2.45) is 0 Å². The molecule has 1 heterocycles. The maximum atomic E-state index is 9.26. The predicted molar refractivity (Wildman–Crippen MR) is 80.8 cm³/mol. The van der Waals surface area contributed by atoms with Gasteiger partial charge < -0.3 is 10.4 Å². The molecule has 104 valence electrons. The molecule has 1 aromatic rings. The van der Waals surface area contributed by atoms with Crippen LogP contribution in [-0.4, -0.2) is 46.5 Å². The lowest BCUT2D eigenvalue weighted by atomic mass is 9.96. The lowest BCUT2D eigenvalue weighted by Gasteiger charge is -2.26. The summed E-state index contributed by atoms with van der Waals surface area (Å²) >= 11 is 5.07. The summed E-state index contributed by atoms with van der Waals surface area (Å²) in [5.74, 6) is 1.06. The third kappa shape index (κ3) is 5.44. The summed E-state index contributed by atoms with van der Waals surface area (Å²) in [7, 11) is 1.90. The van der Waals surface area contributed by atoms with E-state index in [2.05, 4.69) is 22.4 Å². The Balaban J connectivity index is 2.15. The maximum Gasteiger partial charge on any atom is 0.175 e. The highest BCUT2D eigenvalue weighted by atomic mass is 32.2. The van der Waals surface area contributed by atoms with Gasteiger partial charge in [0.25, 0.3) is 0 Å². The van der Waals surface area contributed by atoms with Gasteiger partial charge in [0.2, 0.25) is 0 Å². The minimum atomic E-state index is -0.139. The van der Waals surface area contributed by atoms with E-state index in [1.165, 1.54) is 0 Å². The second kappa shape index (κ2) is 8.37. The number of nitrogens with one attached hydrogen (secondary N) is 1. The van der Waals surface area contributed by atoms with E-state index >= 15 is 0 Å². The second-order valence-electron chi connectivity index (χ2n) is 4.31. The molecule has 0 aromatic carbocycles. The molecule has 0 aliphatic carbocycles. The van der Waals surface area contributed by atoms with E-state index in [-0.39, 0.29) is 12.1 Å². The summed E-state index contributed by atoms with van der Waals surface area (Å²) in [6.07, 6.45) is 5.25. The van der Waals surface area contributed by atoms with Crippen LogP contribution in [0.15, 0.2) is 8.68 Å². The fourth-order valence-corrected chi connectivity index (χ4v) is 3.91. The van der Waals surface area contributed by atoms with Crippen molar-refractivity contribution in [1.29, 1.82) is 0 Å². The molecule has 0 bridgehead atoms. The zero-order valence-corrected chi connectivity index (χ0v) is 13.6. The molecule has 0 spiro atoms. The highest BCUT2D eigenvalue weighted by molar-refractivity contribution is 8.02. The molecule has 1 rings (SSSR count). The Morgan fingerprint density at radius 3 is 2.61 bits per heavy atom. The van der Waals surface area contributed by atoms with Crippen LogP contribution in [0.5, 0.6) is 0 Å². The molecule has 1 aromatic heterocycles. The molecule has 4 nitrogen and oxygen atoms in total. The molecule has 0 amide bonds. The lowest BCUT2D eigenvalue weighted by Crippen LogP contribution is -2.43. The third-order valence-electron chi connectivity index (χ3n) is 2.86. The molecular weight excluding hydrogens is 286 g/mol. The van der Waals surface area contributed by atoms with E-state index in [9.17, 15) is 5.11 Å². The molecule has 1 atom stereocenters. The van der Waals surface area contributed by atoms with Crippen LogP contribution in [0.4, 0.5) is 0 Å². The van der Waals surface area contributed by atoms with Crippen LogP contribution < -0.4 is 5.32 Å². The number of aliphatic hydroxyl groups excluding tert-OH is 1. The predicted octanol–water partition coefficient (Wildman–Crippen LogP) is 2.49. The van der Waals surface area contributed by atoms with Crippen LogP contribution in [0.25, 0.3) is 0 Å². The fourth-order valence-electron chi connectivity index (χ4n) is 1.40. The van der Waals surface area contributed by atoms with Crippen molar-refractivity contribution in [3.63, 3.8) is 0 Å². The minimum Gasteiger partial charge on any atom is -0.394 e. The SMILES string of the molecule is CNC(C)(CO)CCCCSc1nnc(SC)s1. The molecular formula is C11H21N3OS3. The molecule has 0 saturated carbocycles. The number of aliphatic hydroxyl groups is 1. The minimum absolute atomic E-state index is 0.139. The fraction of sp³-hybridized carbons (Fsp3) is 0.818. The first-order chi connectivity index (χ1) is 8.63. The molecule has 2 N–H and O–H groups in total. The Bertz CT molecular complexity index is 342. The van der Waals surface area contributed by atoms with Gasteiger partial charge in [-0.15, -0.1) is 10.2 Å². The van der Waals surface area contributed by atoms with E-state index < -0.39 is 0 Å². The summed E-state index contributed by atoms with van der Waals surface area (Å²) in [6.45, 7) is 2.24. The van der Waals surface area contributed by atoms with Crippen molar-refractivity contribution in [2.45, 2.75) is 40.4 Å². The molecule has 0 saturated heterocycles. The topological polar surface area (TPSA) is 58.0 Å². The molecule has 0 aliphatic rings. The number of hydrogen-bond acceptors (Lipinski definition) is 7. The third-order valence-corrected chi connectivity index (χ3v) is 5.98. The first-order valence-electron chi connectivity index (χ1n) is 5.93. The van der Waals surface area contributed by atoms with E-state index in [0.717, 1.165) is 33.7 Å². The van der Waals surface area contributed by atoms with Gasteiger partial charge in [-0.1, -0.05) is 41.3 Å². The van der Waals surface area contributed by atoms with Gasteiger partial charge in [-0.25, -0.2) is 0 Å². The van der Waals surface area contributed by atoms with Crippen molar-refractivity contribution in [1.82, 2.24) is 15.5 Å². The van der Waals surface area contributed by atoms with Gasteiger partial charge in [0, 0.05) is 11.3 Å². The first kappa shape index (κ1) is 16.2. The Morgan fingerprint density at radius 1 is 1.33 bits per heavy atom. The van der Waals surface area contributed by atoms with Gasteiger partial charge in [-0.2, -0.15) is 0 Å². The van der Waals surface area contributed by atoms with E-state index in [4.69, 9.17) is 0 Å². The Labute approximate surface area is 121 Å². The highest BCUT2D eigenvalue weighted by Gasteiger charge is 2.19. The summed E-state index contributed by atoms with van der Waals surface area (Å²) in [5.41, 5.74) is -0.139. The van der Waals surface area contributed by atoms with Crippen LogP contribution in [-0.2, 0) is 0 Å². The van der Waals surface area contributed by atoms with Crippen LogP contribution in [0, 0.1) is 0 Å². The van der Waals surface area contributed by atoms with Gasteiger partial charge in [0.15, 0.2) is 8.68 Å². The standard InChI is InChI=1S/C11H21N3OS3/c1-11(8-15,12-2)6-4-5-7-17-10-14-13-9(16-3)18-10/h12,15H,4-8H2,1-3H3. The Kier molecular flexibility index (Phi) is 7.55. The molecule has 1 unspecified atom stereocenters. The van der Waals surface area contributed by atoms with Gasteiger partial charge in [0.1, 0.15) is 0 Å². The lowest BCUT2D eigenvalue weighted by molar-refractivity contribution is 0.171. The van der Waals surface area contributed by atoms with Crippen molar-refractivity contribution >= 4 is 34.9 Å².